The van der Waals surface area contributed by atoms with Crippen LogP contribution in [0.15, 0.2) is 75.5 Å². The van der Waals surface area contributed by atoms with Crippen LogP contribution in [0, 0.1) is 17.1 Å². The Kier molecular flexibility index (Phi) is 5.75. The molecule has 5 heteroatoms. The number of hydrogen-bond acceptors (Lipinski definition) is 3. The normalized spacial score (nSPS) is 11.6. The average Bonchev–Trinajstić information content (AvgIpc) is 2.97. The van der Waals surface area contributed by atoms with Crippen molar-refractivity contribution in [3.8, 4) is 6.07 Å². The van der Waals surface area contributed by atoms with Gasteiger partial charge in [0.05, 0.1) is 15.6 Å². The molecule has 0 amide bonds. The van der Waals surface area contributed by atoms with Crippen molar-refractivity contribution in [1.82, 2.24) is 0 Å². The number of hydrogen-bond donors (Lipinski definition) is 0. The summed E-state index contributed by atoms with van der Waals surface area (Å²) in [6, 6.07) is 22.4. The minimum atomic E-state index is -0.657. The maximum Gasteiger partial charge on any atom is 0.142 e. The lowest BCUT2D eigenvalue weighted by Gasteiger charge is -2.10. The van der Waals surface area contributed by atoms with Crippen LogP contribution in [0.25, 0.3) is 0 Å². The summed E-state index contributed by atoms with van der Waals surface area (Å²) in [5, 5.41) is 9.54. The highest BCUT2D eigenvalue weighted by Crippen LogP contribution is 2.27. The molecule has 0 fully saturated rings. The van der Waals surface area contributed by atoms with E-state index in [9.17, 15) is 9.65 Å². The van der Waals surface area contributed by atoms with Gasteiger partial charge in [0.25, 0.3) is 0 Å². The zero-order chi connectivity index (χ0) is 17.6. The molecule has 0 N–H and O–H groups in total. The lowest BCUT2D eigenvalue weighted by atomic mass is 10.0. The van der Waals surface area contributed by atoms with Crippen LogP contribution in [0.4, 0.5) is 4.39 Å². The molecule has 1 unspecified atom stereocenters. The number of rotatable bonds is 5. The minimum absolute atomic E-state index is 0.252. The van der Waals surface area contributed by atoms with Crippen molar-refractivity contribution in [1.29, 1.82) is 5.26 Å². The summed E-state index contributed by atoms with van der Waals surface area (Å²) in [5.74, 6) is -0.298. The van der Waals surface area contributed by atoms with Gasteiger partial charge in [0, 0.05) is 22.4 Å². The van der Waals surface area contributed by atoms with Crippen LogP contribution in [0.3, 0.4) is 0 Å². The van der Waals surface area contributed by atoms with Gasteiger partial charge < -0.3 is 0 Å². The van der Waals surface area contributed by atoms with E-state index in [0.717, 1.165) is 16.8 Å². The Hall–Kier alpha value is -2.29. The van der Waals surface area contributed by atoms with Crippen LogP contribution >= 0.6 is 27.3 Å². The van der Waals surface area contributed by atoms with Crippen LogP contribution in [0.2, 0.25) is 0 Å². The Bertz CT molecular complexity index is 872. The monoisotopic (exact) mass is 412 g/mol. The van der Waals surface area contributed by atoms with E-state index >= 15 is 0 Å². The Labute approximate surface area is 158 Å². The highest BCUT2D eigenvalue weighted by molar-refractivity contribution is 9.11. The summed E-state index contributed by atoms with van der Waals surface area (Å²) < 4.78 is 14.6. The van der Waals surface area contributed by atoms with Gasteiger partial charge in [-0.3, -0.25) is 4.99 Å². The van der Waals surface area contributed by atoms with Crippen molar-refractivity contribution >= 4 is 33.0 Å². The van der Waals surface area contributed by atoms with Gasteiger partial charge in [-0.15, -0.1) is 11.3 Å². The van der Waals surface area contributed by atoms with Crippen molar-refractivity contribution in [3.05, 3.63) is 92.3 Å². The maximum absolute atomic E-state index is 13.9. The van der Waals surface area contributed by atoms with E-state index < -0.39 is 6.04 Å². The molecule has 0 aliphatic heterocycles. The second-order valence-corrected chi connectivity index (χ2v) is 7.90. The molecule has 124 valence electrons. The van der Waals surface area contributed by atoms with Gasteiger partial charge in [0.1, 0.15) is 11.9 Å². The van der Waals surface area contributed by atoms with E-state index in [-0.39, 0.29) is 12.2 Å². The van der Waals surface area contributed by atoms with Crippen molar-refractivity contribution < 1.29 is 4.39 Å². The molecule has 25 heavy (non-hydrogen) atoms. The first-order chi connectivity index (χ1) is 12.2. The fourth-order valence-electron chi connectivity index (χ4n) is 2.47. The number of nitrogens with zero attached hydrogens (tertiary/aromatic N) is 2. The van der Waals surface area contributed by atoms with Gasteiger partial charge in [-0.2, -0.15) is 5.26 Å². The van der Waals surface area contributed by atoms with Gasteiger partial charge in [-0.1, -0.05) is 60.7 Å². The number of aliphatic imine (C=N–C) groups is 1. The highest BCUT2D eigenvalue weighted by Gasteiger charge is 2.16. The fourth-order valence-corrected chi connectivity index (χ4v) is 4.06. The predicted octanol–water partition coefficient (Wildman–Crippen LogP) is 5.62. The summed E-state index contributed by atoms with van der Waals surface area (Å²) in [5.41, 5.74) is 2.60. The molecule has 0 saturated heterocycles. The smallest absolute Gasteiger partial charge is 0.142 e. The van der Waals surface area contributed by atoms with E-state index in [1.54, 1.807) is 0 Å². The Balaban J connectivity index is 1.99. The first-order valence-corrected chi connectivity index (χ1v) is 9.30. The molecule has 0 spiro atoms. The Morgan fingerprint density at radius 2 is 1.64 bits per heavy atom. The van der Waals surface area contributed by atoms with Crippen LogP contribution < -0.4 is 0 Å². The summed E-state index contributed by atoms with van der Waals surface area (Å²) >= 11 is 4.58. The molecule has 2 nitrogen and oxygen atoms in total. The van der Waals surface area contributed by atoms with E-state index in [4.69, 9.17) is 0 Å². The van der Waals surface area contributed by atoms with Crippen molar-refractivity contribution in [3.63, 3.8) is 0 Å². The molecule has 1 atom stereocenters. The van der Waals surface area contributed by atoms with Crippen LogP contribution in [-0.4, -0.2) is 11.8 Å². The van der Waals surface area contributed by atoms with Crippen LogP contribution in [0.1, 0.15) is 16.0 Å². The fraction of sp³-hybridized carbons (Fsp3) is 0.100. The van der Waals surface area contributed by atoms with Gasteiger partial charge >= 0.3 is 0 Å². The summed E-state index contributed by atoms with van der Waals surface area (Å²) in [6.45, 7) is 0. The highest BCUT2D eigenvalue weighted by atomic mass is 79.9. The van der Waals surface area contributed by atoms with Gasteiger partial charge in [-0.05, 0) is 22.0 Å². The quantitative estimate of drug-likeness (QED) is 0.500. The standard InChI is InChI=1S/C20H14BrFN2S/c21-19-12-17(22)18(25-19)11-16(13-23)24-20(14-7-3-1-4-8-14)15-9-5-2-6-10-15/h1-10,12,16H,11H2. The third-order valence-corrected chi connectivity index (χ3v) is 5.27. The van der Waals surface area contributed by atoms with Crippen LogP contribution in [0.5, 0.6) is 0 Å². The lowest BCUT2D eigenvalue weighted by Crippen LogP contribution is -2.12. The number of halogens is 2. The Morgan fingerprint density at radius 1 is 1.08 bits per heavy atom. The SMILES string of the molecule is N#CC(Cc1sc(Br)cc1F)N=C(c1ccccc1)c1ccccc1. The molecular weight excluding hydrogens is 399 g/mol. The lowest BCUT2D eigenvalue weighted by molar-refractivity contribution is 0.613. The predicted molar refractivity (Wildman–Crippen MR) is 104 cm³/mol. The molecule has 0 saturated carbocycles. The average molecular weight is 413 g/mol. The third-order valence-electron chi connectivity index (χ3n) is 3.63. The second kappa shape index (κ2) is 8.19. The zero-order valence-corrected chi connectivity index (χ0v) is 15.6. The van der Waals surface area contributed by atoms with Gasteiger partial charge in [0.2, 0.25) is 0 Å². The van der Waals surface area contributed by atoms with Crippen molar-refractivity contribution in [2.24, 2.45) is 4.99 Å². The van der Waals surface area contributed by atoms with Crippen molar-refractivity contribution in [2.45, 2.75) is 12.5 Å². The molecule has 0 aliphatic rings. The zero-order valence-electron chi connectivity index (χ0n) is 13.2. The summed E-state index contributed by atoms with van der Waals surface area (Å²) in [4.78, 5) is 5.19. The largest absolute Gasteiger partial charge is 0.265 e. The maximum atomic E-state index is 13.9. The van der Waals surface area contributed by atoms with Gasteiger partial charge in [0.15, 0.2) is 0 Å². The number of nitriles is 1. The van der Waals surface area contributed by atoms with E-state index in [0.29, 0.717) is 8.66 Å². The molecule has 0 radical (unpaired) electrons. The third kappa shape index (κ3) is 4.41. The molecule has 0 aliphatic carbocycles. The molecule has 2 aromatic carbocycles. The van der Waals surface area contributed by atoms with E-state index in [2.05, 4.69) is 27.0 Å². The minimum Gasteiger partial charge on any atom is -0.265 e. The van der Waals surface area contributed by atoms with E-state index in [1.165, 1.54) is 17.4 Å². The molecular formula is C20H14BrFN2S. The number of benzene rings is 2. The molecule has 1 aromatic heterocycles. The molecule has 0 bridgehead atoms. The Morgan fingerprint density at radius 3 is 2.08 bits per heavy atom. The molecule has 3 aromatic rings. The molecule has 1 heterocycles. The number of thiophene rings is 1. The second-order valence-electron chi connectivity index (χ2n) is 5.38. The first kappa shape index (κ1) is 17.5. The summed E-state index contributed by atoms with van der Waals surface area (Å²) in [6.07, 6.45) is 0.252. The van der Waals surface area contributed by atoms with E-state index in [1.807, 2.05) is 60.7 Å². The topological polar surface area (TPSA) is 36.1 Å². The first-order valence-electron chi connectivity index (χ1n) is 7.69. The molecule has 3 rings (SSSR count). The van der Waals surface area contributed by atoms with Crippen molar-refractivity contribution in [2.75, 3.05) is 0 Å². The van der Waals surface area contributed by atoms with Crippen LogP contribution in [-0.2, 0) is 6.42 Å². The summed E-state index contributed by atoms with van der Waals surface area (Å²) in [7, 11) is 0. The van der Waals surface area contributed by atoms with Gasteiger partial charge in [-0.25, -0.2) is 4.39 Å².